The second kappa shape index (κ2) is 4.07. The van der Waals surface area contributed by atoms with Gasteiger partial charge >= 0.3 is 0 Å². The van der Waals surface area contributed by atoms with E-state index in [9.17, 15) is 4.79 Å². The molecule has 102 valence electrons. The number of hydrogen-bond donors (Lipinski definition) is 0. The number of Topliss-reactive ketones (excluding diaryl/α,β-unsaturated/α-hetero) is 1. The van der Waals surface area contributed by atoms with E-state index in [1.165, 1.54) is 38.5 Å². The Hall–Kier alpha value is -0.850. The minimum atomic E-state index is -0.00490. The molecule has 2 saturated carbocycles. The first kappa shape index (κ1) is 11.9. The van der Waals surface area contributed by atoms with Crippen molar-refractivity contribution >= 4 is 5.78 Å². The van der Waals surface area contributed by atoms with Crippen LogP contribution >= 0.6 is 0 Å². The van der Waals surface area contributed by atoms with Gasteiger partial charge in [0.05, 0.1) is 0 Å². The summed E-state index contributed by atoms with van der Waals surface area (Å²) in [6.45, 7) is 2.24. The number of rotatable bonds is 0. The van der Waals surface area contributed by atoms with E-state index in [2.05, 4.69) is 13.0 Å². The van der Waals surface area contributed by atoms with Crippen molar-refractivity contribution in [2.45, 2.75) is 64.7 Å². The lowest BCUT2D eigenvalue weighted by Gasteiger charge is -2.45. The molecule has 1 unspecified atom stereocenters. The zero-order valence-electron chi connectivity index (χ0n) is 12.0. The molecule has 1 heteroatoms. The minimum Gasteiger partial charge on any atom is -0.299 e. The van der Waals surface area contributed by atoms with E-state index in [4.69, 9.17) is 0 Å². The molecule has 0 aromatic rings. The third-order valence-electron chi connectivity index (χ3n) is 6.46. The molecule has 4 aliphatic rings. The van der Waals surface area contributed by atoms with E-state index >= 15 is 0 Å². The molecule has 0 spiro atoms. The van der Waals surface area contributed by atoms with Crippen LogP contribution in [0.2, 0.25) is 0 Å². The van der Waals surface area contributed by atoms with Crippen LogP contribution in [-0.2, 0) is 4.79 Å². The van der Waals surface area contributed by atoms with E-state index in [1.807, 2.05) is 0 Å². The van der Waals surface area contributed by atoms with Gasteiger partial charge in [0.2, 0.25) is 0 Å². The van der Waals surface area contributed by atoms with Gasteiger partial charge in [-0.05, 0) is 57.3 Å². The summed E-state index contributed by atoms with van der Waals surface area (Å²) >= 11 is 0. The Bertz CT molecular complexity index is 496. The standard InChI is InChI=1S/C18H24O/c1-18-11-10-14-13-5-3-2-4-12(13)6-7-15(14)16(18)8-9-17(18)19/h7,14,16H,2-6,8-11H2,1H3/t14-,16+,18?/m1/s1. The van der Waals surface area contributed by atoms with Gasteiger partial charge in [-0.15, -0.1) is 0 Å². The van der Waals surface area contributed by atoms with Crippen LogP contribution in [0.4, 0.5) is 0 Å². The van der Waals surface area contributed by atoms with Gasteiger partial charge < -0.3 is 0 Å². The van der Waals surface area contributed by atoms with Gasteiger partial charge in [-0.25, -0.2) is 0 Å². The van der Waals surface area contributed by atoms with Crippen molar-refractivity contribution in [3.05, 3.63) is 22.8 Å². The molecule has 0 heterocycles. The van der Waals surface area contributed by atoms with Crippen molar-refractivity contribution in [2.75, 3.05) is 0 Å². The van der Waals surface area contributed by atoms with Crippen LogP contribution < -0.4 is 0 Å². The van der Waals surface area contributed by atoms with E-state index in [0.29, 0.717) is 11.7 Å². The van der Waals surface area contributed by atoms with Crippen LogP contribution in [-0.4, -0.2) is 5.78 Å². The summed E-state index contributed by atoms with van der Waals surface area (Å²) in [5.41, 5.74) is 5.22. The highest BCUT2D eigenvalue weighted by Gasteiger charge is 2.52. The molecular formula is C18H24O. The monoisotopic (exact) mass is 256 g/mol. The Kier molecular flexibility index (Phi) is 2.56. The van der Waals surface area contributed by atoms with Crippen LogP contribution in [0.5, 0.6) is 0 Å². The largest absolute Gasteiger partial charge is 0.299 e. The summed E-state index contributed by atoms with van der Waals surface area (Å²) in [6, 6.07) is 0. The molecule has 0 radical (unpaired) electrons. The number of carbonyl (C=O) groups excluding carboxylic acids is 1. The molecule has 3 atom stereocenters. The summed E-state index contributed by atoms with van der Waals surface area (Å²) in [6.07, 6.45) is 13.5. The molecule has 4 rings (SSSR count). The van der Waals surface area contributed by atoms with Crippen molar-refractivity contribution < 1.29 is 4.79 Å². The molecule has 0 amide bonds. The lowest BCUT2D eigenvalue weighted by Crippen LogP contribution is -2.38. The lowest BCUT2D eigenvalue weighted by molar-refractivity contribution is -0.127. The second-order valence-corrected chi connectivity index (χ2v) is 7.27. The second-order valence-electron chi connectivity index (χ2n) is 7.27. The van der Waals surface area contributed by atoms with Crippen molar-refractivity contribution in [2.24, 2.45) is 17.3 Å². The highest BCUT2D eigenvalue weighted by atomic mass is 16.1. The quantitative estimate of drug-likeness (QED) is 0.580. The zero-order valence-corrected chi connectivity index (χ0v) is 12.0. The van der Waals surface area contributed by atoms with Crippen molar-refractivity contribution in [1.82, 2.24) is 0 Å². The molecule has 0 saturated heterocycles. The van der Waals surface area contributed by atoms with Gasteiger partial charge in [0.15, 0.2) is 0 Å². The Morgan fingerprint density at radius 3 is 2.89 bits per heavy atom. The maximum atomic E-state index is 12.2. The van der Waals surface area contributed by atoms with Crippen LogP contribution in [0.1, 0.15) is 64.7 Å². The predicted molar refractivity (Wildman–Crippen MR) is 76.8 cm³/mol. The van der Waals surface area contributed by atoms with Gasteiger partial charge in [-0.3, -0.25) is 4.79 Å². The fourth-order valence-corrected chi connectivity index (χ4v) is 5.32. The SMILES string of the molecule is CC12CC[C@H]3C(=CCC4=C3CCCC4)[C@@H]1CCC2=O. The fraction of sp³-hybridized carbons (Fsp3) is 0.722. The molecule has 1 nitrogen and oxygen atoms in total. The first-order chi connectivity index (χ1) is 9.20. The number of hydrogen-bond acceptors (Lipinski definition) is 1. The molecule has 19 heavy (non-hydrogen) atoms. The molecular weight excluding hydrogens is 232 g/mol. The highest BCUT2D eigenvalue weighted by molar-refractivity contribution is 5.88. The summed E-state index contributed by atoms with van der Waals surface area (Å²) in [5.74, 6) is 1.85. The Labute approximate surface area is 116 Å². The van der Waals surface area contributed by atoms with Crippen molar-refractivity contribution in [3.8, 4) is 0 Å². The number of carbonyl (C=O) groups is 1. The number of fused-ring (bicyclic) bond motifs is 4. The predicted octanol–water partition coefficient (Wildman–Crippen LogP) is 4.58. The van der Waals surface area contributed by atoms with Crippen LogP contribution in [0.15, 0.2) is 22.8 Å². The van der Waals surface area contributed by atoms with Crippen molar-refractivity contribution in [3.63, 3.8) is 0 Å². The first-order valence-electron chi connectivity index (χ1n) is 8.14. The van der Waals surface area contributed by atoms with Gasteiger partial charge in [0.1, 0.15) is 5.78 Å². The van der Waals surface area contributed by atoms with E-state index in [-0.39, 0.29) is 5.41 Å². The Morgan fingerprint density at radius 1 is 1.16 bits per heavy atom. The molecule has 0 aliphatic heterocycles. The normalized spacial score (nSPS) is 41.5. The molecule has 0 aromatic carbocycles. The Balaban J connectivity index is 1.71. The van der Waals surface area contributed by atoms with Crippen molar-refractivity contribution in [1.29, 1.82) is 0 Å². The summed E-state index contributed by atoms with van der Waals surface area (Å²) in [4.78, 5) is 12.2. The van der Waals surface area contributed by atoms with E-state index in [1.54, 1.807) is 16.7 Å². The van der Waals surface area contributed by atoms with Gasteiger partial charge in [-0.1, -0.05) is 29.7 Å². The smallest absolute Gasteiger partial charge is 0.139 e. The Morgan fingerprint density at radius 2 is 2.00 bits per heavy atom. The lowest BCUT2D eigenvalue weighted by atomic mass is 9.58. The number of allylic oxidation sites excluding steroid dienone is 4. The van der Waals surface area contributed by atoms with Gasteiger partial charge in [-0.2, -0.15) is 0 Å². The third-order valence-corrected chi connectivity index (χ3v) is 6.46. The molecule has 0 bridgehead atoms. The zero-order chi connectivity index (χ0) is 13.0. The topological polar surface area (TPSA) is 17.1 Å². The summed E-state index contributed by atoms with van der Waals surface area (Å²) in [7, 11) is 0. The van der Waals surface area contributed by atoms with Gasteiger partial charge in [0.25, 0.3) is 0 Å². The number of ketones is 1. The van der Waals surface area contributed by atoms with Crippen LogP contribution in [0, 0.1) is 17.3 Å². The fourth-order valence-electron chi connectivity index (χ4n) is 5.32. The minimum absolute atomic E-state index is 0.00490. The highest BCUT2D eigenvalue weighted by Crippen LogP contribution is 2.58. The van der Waals surface area contributed by atoms with E-state index < -0.39 is 0 Å². The molecule has 2 fully saturated rings. The first-order valence-corrected chi connectivity index (χ1v) is 8.14. The third kappa shape index (κ3) is 1.57. The van der Waals surface area contributed by atoms with Crippen LogP contribution in [0.3, 0.4) is 0 Å². The molecule has 0 N–H and O–H groups in total. The average molecular weight is 256 g/mol. The van der Waals surface area contributed by atoms with E-state index in [0.717, 1.165) is 25.2 Å². The average Bonchev–Trinajstić information content (AvgIpc) is 2.75. The molecule has 4 aliphatic carbocycles. The summed E-state index contributed by atoms with van der Waals surface area (Å²) in [5, 5.41) is 0. The summed E-state index contributed by atoms with van der Waals surface area (Å²) < 4.78 is 0. The maximum Gasteiger partial charge on any atom is 0.139 e. The van der Waals surface area contributed by atoms with Crippen LogP contribution in [0.25, 0.3) is 0 Å². The molecule has 0 aromatic heterocycles. The van der Waals surface area contributed by atoms with Gasteiger partial charge in [0, 0.05) is 17.8 Å². The maximum absolute atomic E-state index is 12.2.